The molecule has 3 amide bonds. The van der Waals surface area contributed by atoms with E-state index >= 15 is 0 Å². The van der Waals surface area contributed by atoms with Gasteiger partial charge in [-0.2, -0.15) is 0 Å². The van der Waals surface area contributed by atoms with Crippen molar-refractivity contribution in [3.05, 3.63) is 59.7 Å². The second kappa shape index (κ2) is 6.42. The highest BCUT2D eigenvalue weighted by molar-refractivity contribution is 5.92. The second-order valence-corrected chi connectivity index (χ2v) is 4.49. The number of urea groups is 1. The number of hydrogen-bond acceptors (Lipinski definition) is 3. The molecular weight excluding hydrogens is 268 g/mol. The van der Waals surface area contributed by atoms with Crippen LogP contribution in [0.3, 0.4) is 0 Å². The molecule has 0 saturated carbocycles. The molecule has 0 saturated heterocycles. The summed E-state index contributed by atoms with van der Waals surface area (Å²) in [5.41, 5.74) is 13.2. The van der Waals surface area contributed by atoms with Crippen LogP contribution in [0.1, 0.15) is 15.9 Å². The number of nitrogens with one attached hydrogen (secondary N) is 2. The molecule has 0 aromatic heterocycles. The van der Waals surface area contributed by atoms with Crippen LogP contribution in [-0.4, -0.2) is 11.9 Å². The SMILES string of the molecule is NC(=O)Nc1cccc(NCc2cccc(C(N)=O)c2)c1. The van der Waals surface area contributed by atoms with Crippen LogP contribution < -0.4 is 22.1 Å². The number of amides is 3. The van der Waals surface area contributed by atoms with Crippen LogP contribution in [0.25, 0.3) is 0 Å². The molecule has 0 radical (unpaired) electrons. The van der Waals surface area contributed by atoms with Gasteiger partial charge < -0.3 is 22.1 Å². The molecule has 6 heteroatoms. The number of benzene rings is 2. The lowest BCUT2D eigenvalue weighted by Crippen LogP contribution is -2.19. The molecule has 108 valence electrons. The van der Waals surface area contributed by atoms with E-state index in [1.807, 2.05) is 12.1 Å². The van der Waals surface area contributed by atoms with Gasteiger partial charge in [-0.25, -0.2) is 4.79 Å². The molecule has 0 aliphatic heterocycles. The van der Waals surface area contributed by atoms with Crippen LogP contribution >= 0.6 is 0 Å². The topological polar surface area (TPSA) is 110 Å². The van der Waals surface area contributed by atoms with E-state index in [1.165, 1.54) is 0 Å². The fourth-order valence-corrected chi connectivity index (χ4v) is 1.89. The summed E-state index contributed by atoms with van der Waals surface area (Å²) in [7, 11) is 0. The van der Waals surface area contributed by atoms with Gasteiger partial charge in [0.05, 0.1) is 0 Å². The van der Waals surface area contributed by atoms with Gasteiger partial charge in [-0.3, -0.25) is 4.79 Å². The number of hydrogen-bond donors (Lipinski definition) is 4. The van der Waals surface area contributed by atoms with E-state index in [1.54, 1.807) is 36.4 Å². The molecule has 0 spiro atoms. The zero-order valence-corrected chi connectivity index (χ0v) is 11.3. The van der Waals surface area contributed by atoms with Crippen LogP contribution in [-0.2, 0) is 6.54 Å². The monoisotopic (exact) mass is 284 g/mol. The maximum atomic E-state index is 11.1. The smallest absolute Gasteiger partial charge is 0.316 e. The van der Waals surface area contributed by atoms with Gasteiger partial charge in [0.25, 0.3) is 0 Å². The van der Waals surface area contributed by atoms with Crippen LogP contribution in [0, 0.1) is 0 Å². The summed E-state index contributed by atoms with van der Waals surface area (Å²) in [6, 6.07) is 13.6. The molecule has 0 fully saturated rings. The number of rotatable bonds is 5. The average molecular weight is 284 g/mol. The molecule has 0 bridgehead atoms. The van der Waals surface area contributed by atoms with Crippen molar-refractivity contribution in [1.29, 1.82) is 0 Å². The Bertz CT molecular complexity index is 670. The van der Waals surface area contributed by atoms with Crippen molar-refractivity contribution in [3.63, 3.8) is 0 Å². The lowest BCUT2D eigenvalue weighted by Gasteiger charge is -2.09. The van der Waals surface area contributed by atoms with Crippen molar-refractivity contribution in [1.82, 2.24) is 0 Å². The van der Waals surface area contributed by atoms with Gasteiger partial charge in [-0.1, -0.05) is 18.2 Å². The number of carbonyl (C=O) groups is 2. The molecule has 2 rings (SSSR count). The molecule has 0 atom stereocenters. The summed E-state index contributed by atoms with van der Waals surface area (Å²) >= 11 is 0. The van der Waals surface area contributed by atoms with Crippen LogP contribution in [0.2, 0.25) is 0 Å². The van der Waals surface area contributed by atoms with Crippen molar-refractivity contribution in [2.24, 2.45) is 11.5 Å². The van der Waals surface area contributed by atoms with E-state index in [0.717, 1.165) is 11.3 Å². The fourth-order valence-electron chi connectivity index (χ4n) is 1.89. The van der Waals surface area contributed by atoms with Gasteiger partial charge in [-0.05, 0) is 35.9 Å². The van der Waals surface area contributed by atoms with Gasteiger partial charge in [0.2, 0.25) is 5.91 Å². The minimum absolute atomic E-state index is 0.454. The number of anilines is 2. The number of primary amides is 2. The van der Waals surface area contributed by atoms with Gasteiger partial charge in [0, 0.05) is 23.5 Å². The lowest BCUT2D eigenvalue weighted by atomic mass is 10.1. The third-order valence-electron chi connectivity index (χ3n) is 2.84. The predicted molar refractivity (Wildman–Crippen MR) is 81.9 cm³/mol. The average Bonchev–Trinajstić information content (AvgIpc) is 2.45. The second-order valence-electron chi connectivity index (χ2n) is 4.49. The van der Waals surface area contributed by atoms with E-state index < -0.39 is 11.9 Å². The van der Waals surface area contributed by atoms with E-state index in [9.17, 15) is 9.59 Å². The Morgan fingerprint density at radius 2 is 1.67 bits per heavy atom. The first-order valence-corrected chi connectivity index (χ1v) is 6.34. The summed E-state index contributed by atoms with van der Waals surface area (Å²) in [6.45, 7) is 0.529. The minimum atomic E-state index is -0.610. The highest BCUT2D eigenvalue weighted by Gasteiger charge is 2.02. The van der Waals surface area contributed by atoms with Crippen molar-refractivity contribution in [3.8, 4) is 0 Å². The third-order valence-corrected chi connectivity index (χ3v) is 2.84. The Hall–Kier alpha value is -3.02. The van der Waals surface area contributed by atoms with Crippen LogP contribution in [0.15, 0.2) is 48.5 Å². The Labute approximate surface area is 122 Å². The zero-order chi connectivity index (χ0) is 15.2. The van der Waals surface area contributed by atoms with Crippen LogP contribution in [0.4, 0.5) is 16.2 Å². The summed E-state index contributed by atoms with van der Waals surface area (Å²) < 4.78 is 0. The first kappa shape index (κ1) is 14.4. The van der Waals surface area contributed by atoms with Crippen molar-refractivity contribution < 1.29 is 9.59 Å². The molecule has 0 unspecified atom stereocenters. The van der Waals surface area contributed by atoms with E-state index in [4.69, 9.17) is 11.5 Å². The summed E-state index contributed by atoms with van der Waals surface area (Å²) in [5.74, 6) is -0.454. The molecule has 0 heterocycles. The Balaban J connectivity index is 2.04. The predicted octanol–water partition coefficient (Wildman–Crippen LogP) is 1.89. The summed E-state index contributed by atoms with van der Waals surface area (Å²) in [5, 5.41) is 5.70. The molecule has 0 aliphatic rings. The molecule has 6 nitrogen and oxygen atoms in total. The molecule has 21 heavy (non-hydrogen) atoms. The Kier molecular flexibility index (Phi) is 4.40. The number of carbonyl (C=O) groups excluding carboxylic acids is 2. The van der Waals surface area contributed by atoms with Gasteiger partial charge >= 0.3 is 6.03 Å². The number of nitrogens with two attached hydrogens (primary N) is 2. The molecular formula is C15H16N4O2. The normalized spacial score (nSPS) is 9.90. The summed E-state index contributed by atoms with van der Waals surface area (Å²) in [4.78, 5) is 21.9. The van der Waals surface area contributed by atoms with Crippen molar-refractivity contribution in [2.45, 2.75) is 6.54 Å². The molecule has 6 N–H and O–H groups in total. The van der Waals surface area contributed by atoms with E-state index in [2.05, 4.69) is 10.6 Å². The first-order chi connectivity index (χ1) is 10.0. The van der Waals surface area contributed by atoms with Crippen molar-refractivity contribution in [2.75, 3.05) is 10.6 Å². The van der Waals surface area contributed by atoms with E-state index in [-0.39, 0.29) is 0 Å². The molecule has 2 aromatic rings. The molecule has 2 aromatic carbocycles. The van der Waals surface area contributed by atoms with E-state index in [0.29, 0.717) is 17.8 Å². The third kappa shape index (κ3) is 4.24. The maximum absolute atomic E-state index is 11.1. The minimum Gasteiger partial charge on any atom is -0.381 e. The fraction of sp³-hybridized carbons (Fsp3) is 0.0667. The summed E-state index contributed by atoms with van der Waals surface area (Å²) in [6.07, 6.45) is 0. The first-order valence-electron chi connectivity index (χ1n) is 6.34. The van der Waals surface area contributed by atoms with Gasteiger partial charge in [0.15, 0.2) is 0 Å². The largest absolute Gasteiger partial charge is 0.381 e. The highest BCUT2D eigenvalue weighted by atomic mass is 16.2. The van der Waals surface area contributed by atoms with Crippen molar-refractivity contribution >= 4 is 23.3 Å². The Morgan fingerprint density at radius 3 is 2.38 bits per heavy atom. The Morgan fingerprint density at radius 1 is 0.952 bits per heavy atom. The van der Waals surface area contributed by atoms with Crippen LogP contribution in [0.5, 0.6) is 0 Å². The molecule has 0 aliphatic carbocycles. The zero-order valence-electron chi connectivity index (χ0n) is 11.3. The quantitative estimate of drug-likeness (QED) is 0.672. The highest BCUT2D eigenvalue weighted by Crippen LogP contribution is 2.16. The maximum Gasteiger partial charge on any atom is 0.316 e. The van der Waals surface area contributed by atoms with Gasteiger partial charge in [0.1, 0.15) is 0 Å². The van der Waals surface area contributed by atoms with Gasteiger partial charge in [-0.15, -0.1) is 0 Å². The lowest BCUT2D eigenvalue weighted by molar-refractivity contribution is 0.1000. The standard InChI is InChI=1S/C15H16N4O2/c16-14(20)11-4-1-3-10(7-11)9-18-12-5-2-6-13(8-12)19-15(17)21/h1-8,18H,9H2,(H2,16,20)(H3,17,19,21).